The Kier molecular flexibility index (Phi) is 3.27. The maximum atomic E-state index is 11.9. The van der Waals surface area contributed by atoms with E-state index in [1.54, 1.807) is 0 Å². The molecule has 2 aliphatic heterocycles. The van der Waals surface area contributed by atoms with E-state index in [-0.39, 0.29) is 24.2 Å². The molecule has 3 rings (SSSR count). The van der Waals surface area contributed by atoms with E-state index in [1.165, 1.54) is 24.3 Å². The van der Waals surface area contributed by atoms with Crippen LogP contribution in [0.5, 0.6) is 0 Å². The van der Waals surface area contributed by atoms with E-state index < -0.39 is 35.8 Å². The van der Waals surface area contributed by atoms with Crippen molar-refractivity contribution < 1.29 is 29.4 Å². The first-order chi connectivity index (χ1) is 10.4. The molecule has 8 nitrogen and oxygen atoms in total. The summed E-state index contributed by atoms with van der Waals surface area (Å²) in [5, 5.41) is 19.0. The molecule has 2 aliphatic rings. The summed E-state index contributed by atoms with van der Waals surface area (Å²) < 4.78 is 0. The molecule has 8 heteroatoms. The summed E-state index contributed by atoms with van der Waals surface area (Å²) in [5.74, 6) is -2.86. The van der Waals surface area contributed by atoms with Crippen LogP contribution < -0.4 is 9.80 Å². The molecule has 0 saturated carbocycles. The second-order valence-corrected chi connectivity index (χ2v) is 5.06. The fourth-order valence-corrected chi connectivity index (χ4v) is 2.58. The minimum atomic E-state index is -1.43. The van der Waals surface area contributed by atoms with Crippen molar-refractivity contribution >= 4 is 35.0 Å². The highest BCUT2D eigenvalue weighted by Gasteiger charge is 2.43. The van der Waals surface area contributed by atoms with E-state index in [9.17, 15) is 29.4 Å². The number of aliphatic hydroxyl groups excluding tert-OH is 2. The third kappa shape index (κ3) is 2.00. The zero-order valence-corrected chi connectivity index (χ0v) is 11.3. The van der Waals surface area contributed by atoms with Gasteiger partial charge in [-0.05, 0) is 12.1 Å². The number of carbonyl (C=O) groups is 4. The average molecular weight is 304 g/mol. The molecular weight excluding hydrogens is 292 g/mol. The van der Waals surface area contributed by atoms with Gasteiger partial charge in [-0.2, -0.15) is 0 Å². The average Bonchev–Trinajstić information content (AvgIpc) is 2.87. The van der Waals surface area contributed by atoms with Gasteiger partial charge in [0.1, 0.15) is 12.2 Å². The molecule has 1 aromatic carbocycles. The van der Waals surface area contributed by atoms with E-state index in [0.717, 1.165) is 9.80 Å². The van der Waals surface area contributed by atoms with Gasteiger partial charge < -0.3 is 10.2 Å². The van der Waals surface area contributed by atoms with Gasteiger partial charge in [-0.1, -0.05) is 12.1 Å². The van der Waals surface area contributed by atoms with Crippen molar-refractivity contribution in [2.45, 2.75) is 25.0 Å². The molecule has 0 bridgehead atoms. The summed E-state index contributed by atoms with van der Waals surface area (Å²) in [6, 6.07) is 5.86. The van der Waals surface area contributed by atoms with E-state index in [4.69, 9.17) is 0 Å². The molecular formula is C14H12N2O6. The van der Waals surface area contributed by atoms with Crippen molar-refractivity contribution in [1.29, 1.82) is 0 Å². The van der Waals surface area contributed by atoms with E-state index >= 15 is 0 Å². The Bertz CT molecular complexity index is 641. The van der Waals surface area contributed by atoms with Crippen molar-refractivity contribution in [3.05, 3.63) is 24.3 Å². The van der Waals surface area contributed by atoms with Gasteiger partial charge in [0.25, 0.3) is 11.8 Å². The lowest BCUT2D eigenvalue weighted by Gasteiger charge is -2.22. The third-order valence-corrected chi connectivity index (χ3v) is 3.61. The third-order valence-electron chi connectivity index (χ3n) is 3.61. The fraction of sp³-hybridized carbons (Fsp3) is 0.286. The van der Waals surface area contributed by atoms with Gasteiger partial charge in [-0.3, -0.25) is 19.2 Å². The quantitative estimate of drug-likeness (QED) is 0.673. The van der Waals surface area contributed by atoms with Crippen LogP contribution in [-0.2, 0) is 19.2 Å². The van der Waals surface area contributed by atoms with Crippen molar-refractivity contribution in [3.8, 4) is 0 Å². The van der Waals surface area contributed by atoms with Crippen LogP contribution in [0.4, 0.5) is 11.4 Å². The number of hydrogen-bond donors (Lipinski definition) is 2. The largest absolute Gasteiger partial charge is 0.383 e. The number of aliphatic hydroxyl groups is 2. The number of carbonyl (C=O) groups excluding carboxylic acids is 4. The number of anilines is 2. The molecule has 2 fully saturated rings. The molecule has 2 N–H and O–H groups in total. The number of benzene rings is 1. The van der Waals surface area contributed by atoms with Crippen molar-refractivity contribution in [2.24, 2.45) is 0 Å². The van der Waals surface area contributed by atoms with Gasteiger partial charge in [-0.15, -0.1) is 0 Å². The van der Waals surface area contributed by atoms with E-state index in [2.05, 4.69) is 0 Å². The van der Waals surface area contributed by atoms with Crippen molar-refractivity contribution in [3.63, 3.8) is 0 Å². The predicted molar refractivity (Wildman–Crippen MR) is 72.7 cm³/mol. The Morgan fingerprint density at radius 2 is 1.14 bits per heavy atom. The van der Waals surface area contributed by atoms with Gasteiger partial charge in [0.2, 0.25) is 11.8 Å². The highest BCUT2D eigenvalue weighted by Crippen LogP contribution is 2.35. The molecule has 4 amide bonds. The minimum Gasteiger partial charge on any atom is -0.383 e. The first-order valence-corrected chi connectivity index (χ1v) is 6.60. The number of imide groups is 2. The van der Waals surface area contributed by atoms with Crippen LogP contribution in [-0.4, -0.2) is 46.0 Å². The summed E-state index contributed by atoms with van der Waals surface area (Å²) in [5.41, 5.74) is 0.0645. The monoisotopic (exact) mass is 304 g/mol. The number of para-hydroxylation sites is 2. The zero-order chi connectivity index (χ0) is 16.0. The smallest absolute Gasteiger partial charge is 0.263 e. The van der Waals surface area contributed by atoms with E-state index in [0.29, 0.717) is 0 Å². The molecule has 2 saturated heterocycles. The maximum Gasteiger partial charge on any atom is 0.263 e. The van der Waals surface area contributed by atoms with Gasteiger partial charge in [0, 0.05) is 0 Å². The van der Waals surface area contributed by atoms with Crippen LogP contribution in [0.1, 0.15) is 12.8 Å². The minimum absolute atomic E-state index is 0.0323. The van der Waals surface area contributed by atoms with Crippen LogP contribution in [0.15, 0.2) is 24.3 Å². The molecule has 22 heavy (non-hydrogen) atoms. The second-order valence-electron chi connectivity index (χ2n) is 5.06. The molecule has 1 aromatic rings. The second kappa shape index (κ2) is 5.00. The molecule has 2 unspecified atom stereocenters. The summed E-state index contributed by atoms with van der Waals surface area (Å²) in [6.07, 6.45) is -3.57. The SMILES string of the molecule is O=C1CC(O)C(=O)N1c1ccccc1N1C(=O)CC(O)C1=O. The first-order valence-electron chi connectivity index (χ1n) is 6.60. The molecule has 2 atom stereocenters. The Morgan fingerprint density at radius 1 is 0.773 bits per heavy atom. The van der Waals surface area contributed by atoms with Crippen LogP contribution >= 0.6 is 0 Å². The highest BCUT2D eigenvalue weighted by molar-refractivity contribution is 6.27. The molecule has 0 radical (unpaired) electrons. The Morgan fingerprint density at radius 3 is 1.41 bits per heavy atom. The number of nitrogens with zero attached hydrogens (tertiary/aromatic N) is 2. The predicted octanol–water partition coefficient (Wildman–Crippen LogP) is -1.07. The molecule has 0 aromatic heterocycles. The van der Waals surface area contributed by atoms with Crippen LogP contribution in [0.25, 0.3) is 0 Å². The molecule has 2 heterocycles. The molecule has 0 aliphatic carbocycles. The topological polar surface area (TPSA) is 115 Å². The van der Waals surface area contributed by atoms with Crippen molar-refractivity contribution in [1.82, 2.24) is 0 Å². The lowest BCUT2D eigenvalue weighted by atomic mass is 10.2. The van der Waals surface area contributed by atoms with Crippen molar-refractivity contribution in [2.75, 3.05) is 9.80 Å². The number of amides is 4. The highest BCUT2D eigenvalue weighted by atomic mass is 16.3. The Balaban J connectivity index is 2.08. The standard InChI is InChI=1S/C14H12N2O6/c17-9-5-11(19)15(13(9)21)7-3-1-2-4-8(7)16-12(20)6-10(18)14(16)22/h1-4,9-10,17-18H,5-6H2. The Labute approximate surface area is 124 Å². The number of rotatable bonds is 2. The lowest BCUT2D eigenvalue weighted by molar-refractivity contribution is -0.126. The summed E-state index contributed by atoms with van der Waals surface area (Å²) >= 11 is 0. The van der Waals surface area contributed by atoms with Gasteiger partial charge in [0.05, 0.1) is 24.2 Å². The normalized spacial score (nSPS) is 25.5. The Hall–Kier alpha value is -2.58. The summed E-state index contributed by atoms with van der Waals surface area (Å²) in [4.78, 5) is 49.2. The van der Waals surface area contributed by atoms with Gasteiger partial charge in [0.15, 0.2) is 0 Å². The zero-order valence-electron chi connectivity index (χ0n) is 11.3. The molecule has 114 valence electrons. The summed E-state index contributed by atoms with van der Waals surface area (Å²) in [6.45, 7) is 0. The lowest BCUT2D eigenvalue weighted by Crippen LogP contribution is -2.36. The van der Waals surface area contributed by atoms with Gasteiger partial charge in [-0.25, -0.2) is 9.80 Å². The fourth-order valence-electron chi connectivity index (χ4n) is 2.58. The van der Waals surface area contributed by atoms with Crippen LogP contribution in [0.2, 0.25) is 0 Å². The van der Waals surface area contributed by atoms with Crippen LogP contribution in [0, 0.1) is 0 Å². The van der Waals surface area contributed by atoms with Crippen LogP contribution in [0.3, 0.4) is 0 Å². The molecule has 0 spiro atoms. The van der Waals surface area contributed by atoms with Gasteiger partial charge >= 0.3 is 0 Å². The number of hydrogen-bond acceptors (Lipinski definition) is 6. The maximum absolute atomic E-state index is 11.9. The first kappa shape index (κ1) is 14.4. The summed E-state index contributed by atoms with van der Waals surface area (Å²) in [7, 11) is 0. The van der Waals surface area contributed by atoms with E-state index in [1.807, 2.05) is 0 Å².